The van der Waals surface area contributed by atoms with Crippen molar-refractivity contribution < 1.29 is 14.2 Å². The summed E-state index contributed by atoms with van der Waals surface area (Å²) in [6, 6.07) is 0. The second-order valence-electron chi connectivity index (χ2n) is 9.31. The van der Waals surface area contributed by atoms with Gasteiger partial charge in [0, 0.05) is 43.5 Å². The summed E-state index contributed by atoms with van der Waals surface area (Å²) in [5.41, 5.74) is 3.36. The van der Waals surface area contributed by atoms with Crippen LogP contribution in [-0.2, 0) is 27.2 Å². The van der Waals surface area contributed by atoms with Crippen LogP contribution < -0.4 is 9.80 Å². The first kappa shape index (κ1) is 21.8. The van der Waals surface area contributed by atoms with Gasteiger partial charge in [0.25, 0.3) is 0 Å². The van der Waals surface area contributed by atoms with Gasteiger partial charge in [0.1, 0.15) is 10.6 Å². The van der Waals surface area contributed by atoms with Crippen molar-refractivity contribution in [3.05, 3.63) is 11.1 Å². The molecule has 176 valence electrons. The second kappa shape index (κ2) is 8.49. The summed E-state index contributed by atoms with van der Waals surface area (Å²) >= 11 is 3.32. The number of pyridine rings is 1. The lowest BCUT2D eigenvalue weighted by molar-refractivity contribution is -0.0396. The zero-order chi connectivity index (χ0) is 22.6. The van der Waals surface area contributed by atoms with Crippen LogP contribution >= 0.6 is 23.1 Å². The van der Waals surface area contributed by atoms with E-state index in [-0.39, 0.29) is 5.60 Å². The summed E-state index contributed by atoms with van der Waals surface area (Å²) in [6.07, 6.45) is 2.88. The number of aromatic nitrogens is 3. The lowest BCUT2D eigenvalue weighted by atomic mass is 9.90. The molecule has 0 amide bonds. The fourth-order valence-electron chi connectivity index (χ4n) is 4.94. The molecule has 0 aromatic carbocycles. The molecule has 0 bridgehead atoms. The molecule has 0 spiro atoms. The third-order valence-corrected chi connectivity index (χ3v) is 8.25. The Balaban J connectivity index is 1.62. The molecular formula is C23H29N5O3S2. The number of hydrogen-bond acceptors (Lipinski definition) is 10. The summed E-state index contributed by atoms with van der Waals surface area (Å²) in [7, 11) is 0. The van der Waals surface area contributed by atoms with Crippen molar-refractivity contribution in [2.75, 3.05) is 68.7 Å². The molecule has 6 heterocycles. The monoisotopic (exact) mass is 487 g/mol. The highest BCUT2D eigenvalue weighted by atomic mass is 32.2. The van der Waals surface area contributed by atoms with Gasteiger partial charge in [-0.3, -0.25) is 0 Å². The maximum atomic E-state index is 6.27. The molecule has 3 aromatic heterocycles. The van der Waals surface area contributed by atoms with Crippen LogP contribution in [0.25, 0.3) is 20.4 Å². The average molecular weight is 488 g/mol. The Kier molecular flexibility index (Phi) is 5.61. The predicted octanol–water partition coefficient (Wildman–Crippen LogP) is 3.49. The van der Waals surface area contributed by atoms with Crippen LogP contribution in [0.4, 0.5) is 11.6 Å². The van der Waals surface area contributed by atoms with E-state index >= 15 is 0 Å². The molecule has 3 aliphatic rings. The van der Waals surface area contributed by atoms with Gasteiger partial charge in [0.2, 0.25) is 0 Å². The molecule has 0 N–H and O–H groups in total. The molecule has 3 aromatic rings. The number of anilines is 2. The number of hydrogen-bond donors (Lipinski definition) is 0. The molecule has 0 radical (unpaired) electrons. The van der Waals surface area contributed by atoms with Crippen LogP contribution in [0.5, 0.6) is 0 Å². The topological polar surface area (TPSA) is 72.8 Å². The Labute approximate surface area is 201 Å². The Hall–Kier alpha value is -1.72. The van der Waals surface area contributed by atoms with Crippen molar-refractivity contribution in [3.8, 4) is 0 Å². The predicted molar refractivity (Wildman–Crippen MR) is 133 cm³/mol. The third kappa shape index (κ3) is 3.85. The van der Waals surface area contributed by atoms with Gasteiger partial charge in [-0.15, -0.1) is 11.3 Å². The number of ether oxygens (including phenoxy) is 3. The molecule has 0 saturated carbocycles. The highest BCUT2D eigenvalue weighted by molar-refractivity contribution is 7.98. The van der Waals surface area contributed by atoms with E-state index in [0.717, 1.165) is 90.9 Å². The summed E-state index contributed by atoms with van der Waals surface area (Å²) in [4.78, 5) is 20.9. The summed E-state index contributed by atoms with van der Waals surface area (Å²) in [5.74, 6) is 2.07. The van der Waals surface area contributed by atoms with Crippen molar-refractivity contribution in [1.82, 2.24) is 15.0 Å². The Bertz CT molecular complexity index is 1200. The lowest BCUT2D eigenvalue weighted by Gasteiger charge is -2.36. The van der Waals surface area contributed by atoms with E-state index in [0.29, 0.717) is 6.61 Å². The molecule has 8 nitrogen and oxygen atoms in total. The number of rotatable bonds is 3. The van der Waals surface area contributed by atoms with E-state index in [1.165, 1.54) is 16.5 Å². The molecule has 3 aliphatic heterocycles. The first-order chi connectivity index (χ1) is 16.0. The van der Waals surface area contributed by atoms with Crippen molar-refractivity contribution in [1.29, 1.82) is 0 Å². The number of nitrogens with zero attached hydrogens (tertiary/aromatic N) is 5. The van der Waals surface area contributed by atoms with Gasteiger partial charge in [-0.1, -0.05) is 11.8 Å². The normalized spacial score (nSPS) is 21.1. The molecule has 10 heteroatoms. The first-order valence-corrected chi connectivity index (χ1v) is 13.6. The maximum absolute atomic E-state index is 6.27. The van der Waals surface area contributed by atoms with Crippen LogP contribution in [-0.4, -0.2) is 79.4 Å². The summed E-state index contributed by atoms with van der Waals surface area (Å²) in [6.45, 7) is 11.2. The Morgan fingerprint density at radius 1 is 0.879 bits per heavy atom. The van der Waals surface area contributed by atoms with Crippen molar-refractivity contribution >= 4 is 55.2 Å². The zero-order valence-electron chi connectivity index (χ0n) is 19.3. The van der Waals surface area contributed by atoms with Crippen molar-refractivity contribution in [2.24, 2.45) is 0 Å². The maximum Gasteiger partial charge on any atom is 0.189 e. The molecule has 2 saturated heterocycles. The third-order valence-electron chi connectivity index (χ3n) is 6.63. The van der Waals surface area contributed by atoms with E-state index in [1.54, 1.807) is 23.1 Å². The van der Waals surface area contributed by atoms with Crippen LogP contribution in [0.3, 0.4) is 0 Å². The molecule has 2 fully saturated rings. The second-order valence-corrected chi connectivity index (χ2v) is 11.1. The van der Waals surface area contributed by atoms with Crippen LogP contribution in [0.1, 0.15) is 25.0 Å². The zero-order valence-corrected chi connectivity index (χ0v) is 21.0. The van der Waals surface area contributed by atoms with E-state index < -0.39 is 0 Å². The van der Waals surface area contributed by atoms with Crippen LogP contribution in [0.2, 0.25) is 0 Å². The largest absolute Gasteiger partial charge is 0.378 e. The van der Waals surface area contributed by atoms with Gasteiger partial charge in [-0.25, -0.2) is 15.0 Å². The first-order valence-electron chi connectivity index (χ1n) is 11.5. The highest BCUT2D eigenvalue weighted by Crippen LogP contribution is 2.45. The number of thioether (sulfide) groups is 1. The van der Waals surface area contributed by atoms with Gasteiger partial charge in [0.15, 0.2) is 11.0 Å². The number of morpholine rings is 2. The molecule has 0 atom stereocenters. The van der Waals surface area contributed by atoms with Crippen molar-refractivity contribution in [2.45, 2.75) is 37.6 Å². The van der Waals surface area contributed by atoms with E-state index in [4.69, 9.17) is 29.2 Å². The number of fused-ring (bicyclic) bond motifs is 5. The minimum atomic E-state index is -0.222. The minimum absolute atomic E-state index is 0.222. The molecule has 0 unspecified atom stereocenters. The lowest BCUT2D eigenvalue weighted by Crippen LogP contribution is -2.39. The molecule has 33 heavy (non-hydrogen) atoms. The Morgan fingerprint density at radius 2 is 1.55 bits per heavy atom. The average Bonchev–Trinajstić information content (AvgIpc) is 3.22. The van der Waals surface area contributed by atoms with Gasteiger partial charge in [0.05, 0.1) is 48.9 Å². The van der Waals surface area contributed by atoms with E-state index in [1.807, 2.05) is 6.26 Å². The molecular weight excluding hydrogens is 458 g/mol. The van der Waals surface area contributed by atoms with Gasteiger partial charge in [-0.05, 0) is 25.7 Å². The molecule has 0 aliphatic carbocycles. The van der Waals surface area contributed by atoms with E-state index in [9.17, 15) is 0 Å². The fraction of sp³-hybridized carbons (Fsp3) is 0.609. The Morgan fingerprint density at radius 3 is 2.21 bits per heavy atom. The standard InChI is InChI=1S/C23H29N5O3S2/c1-23(2)12-14-15(13-31-23)19(27-4-8-29-9-5-27)25-21-16(14)17-18(33-21)20(26-22(24-17)32-3)28-6-10-30-11-7-28/h4-13H2,1-3H3. The SMILES string of the molecule is CSc1nc(N2CCOCC2)c2sc3nc(N4CCOCC4)c4c(c3c2n1)CC(C)(C)OC4. The van der Waals surface area contributed by atoms with Crippen LogP contribution in [0.15, 0.2) is 5.16 Å². The minimum Gasteiger partial charge on any atom is -0.378 e. The van der Waals surface area contributed by atoms with Gasteiger partial charge >= 0.3 is 0 Å². The fourth-order valence-corrected chi connectivity index (χ4v) is 6.46. The highest BCUT2D eigenvalue weighted by Gasteiger charge is 2.34. The molecule has 6 rings (SSSR count). The number of thiophene rings is 1. The van der Waals surface area contributed by atoms with Gasteiger partial charge in [-0.2, -0.15) is 0 Å². The smallest absolute Gasteiger partial charge is 0.189 e. The summed E-state index contributed by atoms with van der Waals surface area (Å²) < 4.78 is 18.6. The van der Waals surface area contributed by atoms with Crippen molar-refractivity contribution in [3.63, 3.8) is 0 Å². The summed E-state index contributed by atoms with van der Waals surface area (Å²) in [5, 5.41) is 1.99. The van der Waals surface area contributed by atoms with Gasteiger partial charge < -0.3 is 24.0 Å². The van der Waals surface area contributed by atoms with E-state index in [2.05, 4.69) is 23.6 Å². The quantitative estimate of drug-likeness (QED) is 0.408. The van der Waals surface area contributed by atoms with Crippen LogP contribution in [0, 0.1) is 0 Å².